The van der Waals surface area contributed by atoms with Gasteiger partial charge in [-0.1, -0.05) is 19.9 Å². The summed E-state index contributed by atoms with van der Waals surface area (Å²) in [5.41, 5.74) is 2.25. The number of carboxylic acid groups (broad SMARTS) is 1. The fourth-order valence-corrected chi connectivity index (χ4v) is 2.81. The van der Waals surface area contributed by atoms with Crippen LogP contribution in [0.2, 0.25) is 0 Å². The van der Waals surface area contributed by atoms with Gasteiger partial charge in [-0.05, 0) is 36.8 Å². The highest BCUT2D eigenvalue weighted by molar-refractivity contribution is 6.01. The SMILES string of the molecule is Cc1nc2cccc(C(=O)O)c2n1CC1CC1(C)C. The van der Waals surface area contributed by atoms with E-state index < -0.39 is 5.97 Å². The molecule has 0 bridgehead atoms. The van der Waals surface area contributed by atoms with Gasteiger partial charge in [-0.15, -0.1) is 0 Å². The summed E-state index contributed by atoms with van der Waals surface area (Å²) in [6.45, 7) is 7.31. The molecule has 1 atom stereocenters. The highest BCUT2D eigenvalue weighted by Crippen LogP contribution is 2.52. The number of nitrogens with zero attached hydrogens (tertiary/aromatic N) is 2. The second-order valence-electron chi connectivity index (χ2n) is 6.14. The van der Waals surface area contributed by atoms with Crippen molar-refractivity contribution in [2.75, 3.05) is 0 Å². The summed E-state index contributed by atoms with van der Waals surface area (Å²) in [5, 5.41) is 9.33. The summed E-state index contributed by atoms with van der Waals surface area (Å²) in [6.07, 6.45) is 1.20. The van der Waals surface area contributed by atoms with E-state index in [4.69, 9.17) is 0 Å². The van der Waals surface area contributed by atoms with Gasteiger partial charge in [-0.25, -0.2) is 9.78 Å². The van der Waals surface area contributed by atoms with Crippen LogP contribution in [-0.4, -0.2) is 20.6 Å². The van der Waals surface area contributed by atoms with Gasteiger partial charge in [0.05, 0.1) is 16.6 Å². The molecule has 19 heavy (non-hydrogen) atoms. The number of hydrogen-bond acceptors (Lipinski definition) is 2. The Morgan fingerprint density at radius 1 is 1.53 bits per heavy atom. The highest BCUT2D eigenvalue weighted by atomic mass is 16.4. The van der Waals surface area contributed by atoms with Gasteiger partial charge in [0, 0.05) is 6.54 Å². The fourth-order valence-electron chi connectivity index (χ4n) is 2.81. The molecular formula is C15H18N2O2. The summed E-state index contributed by atoms with van der Waals surface area (Å²) in [7, 11) is 0. The first-order valence-electron chi connectivity index (χ1n) is 6.59. The van der Waals surface area contributed by atoms with Crippen LogP contribution >= 0.6 is 0 Å². The van der Waals surface area contributed by atoms with Crippen molar-refractivity contribution in [1.29, 1.82) is 0 Å². The van der Waals surface area contributed by atoms with Crippen molar-refractivity contribution >= 4 is 17.0 Å². The van der Waals surface area contributed by atoms with Gasteiger partial charge in [0.15, 0.2) is 0 Å². The number of aromatic carboxylic acids is 1. The van der Waals surface area contributed by atoms with Crippen LogP contribution in [0.25, 0.3) is 11.0 Å². The molecule has 1 aliphatic rings. The molecule has 1 unspecified atom stereocenters. The second kappa shape index (κ2) is 3.83. The lowest BCUT2D eigenvalue weighted by atomic mass is 10.1. The zero-order valence-electron chi connectivity index (χ0n) is 11.5. The molecule has 0 spiro atoms. The highest BCUT2D eigenvalue weighted by Gasteiger charge is 2.45. The van der Waals surface area contributed by atoms with Gasteiger partial charge in [0.25, 0.3) is 0 Å². The van der Waals surface area contributed by atoms with E-state index in [1.54, 1.807) is 12.1 Å². The lowest BCUT2D eigenvalue weighted by Crippen LogP contribution is -2.08. The summed E-state index contributed by atoms with van der Waals surface area (Å²) >= 11 is 0. The van der Waals surface area contributed by atoms with Gasteiger partial charge in [0.2, 0.25) is 0 Å². The third kappa shape index (κ3) is 1.91. The first-order chi connectivity index (χ1) is 8.90. The molecule has 1 aliphatic carbocycles. The Hall–Kier alpha value is -1.84. The quantitative estimate of drug-likeness (QED) is 0.920. The van der Waals surface area contributed by atoms with Crippen molar-refractivity contribution in [2.24, 2.45) is 11.3 Å². The van der Waals surface area contributed by atoms with Crippen molar-refractivity contribution in [3.8, 4) is 0 Å². The van der Waals surface area contributed by atoms with E-state index in [9.17, 15) is 9.90 Å². The Morgan fingerprint density at radius 2 is 2.21 bits per heavy atom. The van der Waals surface area contributed by atoms with Gasteiger partial charge >= 0.3 is 5.97 Å². The van der Waals surface area contributed by atoms with E-state index >= 15 is 0 Å². The van der Waals surface area contributed by atoms with Crippen molar-refractivity contribution in [1.82, 2.24) is 9.55 Å². The molecule has 0 saturated heterocycles. The van der Waals surface area contributed by atoms with Gasteiger partial charge in [0.1, 0.15) is 5.82 Å². The van der Waals surface area contributed by atoms with Gasteiger partial charge in [-0.3, -0.25) is 0 Å². The average molecular weight is 258 g/mol. The number of aryl methyl sites for hydroxylation is 1. The molecule has 1 N–H and O–H groups in total. The van der Waals surface area contributed by atoms with Crippen LogP contribution in [0.15, 0.2) is 18.2 Å². The Kier molecular flexibility index (Phi) is 2.46. The zero-order chi connectivity index (χ0) is 13.8. The molecule has 4 heteroatoms. The van der Waals surface area contributed by atoms with Crippen LogP contribution < -0.4 is 0 Å². The third-order valence-electron chi connectivity index (χ3n) is 4.31. The summed E-state index contributed by atoms with van der Waals surface area (Å²) < 4.78 is 2.07. The Balaban J connectivity index is 2.12. The van der Waals surface area contributed by atoms with E-state index in [1.807, 2.05) is 13.0 Å². The van der Waals surface area contributed by atoms with Crippen LogP contribution in [0.1, 0.15) is 36.5 Å². The Labute approximate surface area is 112 Å². The van der Waals surface area contributed by atoms with Crippen LogP contribution in [0.5, 0.6) is 0 Å². The Bertz CT molecular complexity index is 670. The molecule has 0 radical (unpaired) electrons. The summed E-state index contributed by atoms with van der Waals surface area (Å²) in [5.74, 6) is 0.624. The minimum Gasteiger partial charge on any atom is -0.478 e. The monoisotopic (exact) mass is 258 g/mol. The van der Waals surface area contributed by atoms with Crippen molar-refractivity contribution in [2.45, 2.75) is 33.7 Å². The van der Waals surface area contributed by atoms with E-state index in [-0.39, 0.29) is 0 Å². The van der Waals surface area contributed by atoms with Crippen LogP contribution in [0.3, 0.4) is 0 Å². The molecule has 1 saturated carbocycles. The molecule has 0 amide bonds. The fraction of sp³-hybridized carbons (Fsp3) is 0.467. The minimum absolute atomic E-state index is 0.344. The molecule has 3 rings (SSSR count). The number of hydrogen-bond donors (Lipinski definition) is 1. The van der Waals surface area contributed by atoms with Gasteiger partial charge < -0.3 is 9.67 Å². The van der Waals surface area contributed by atoms with E-state index in [1.165, 1.54) is 6.42 Å². The standard InChI is InChI=1S/C15H18N2O2/c1-9-16-12-6-4-5-11(14(18)19)13(12)17(9)8-10-7-15(10,2)3/h4-6,10H,7-8H2,1-3H3,(H,18,19). The first kappa shape index (κ1) is 12.2. The Morgan fingerprint density at radius 3 is 2.79 bits per heavy atom. The smallest absolute Gasteiger partial charge is 0.337 e. The molecule has 1 fully saturated rings. The molecule has 0 aliphatic heterocycles. The predicted molar refractivity (Wildman–Crippen MR) is 73.3 cm³/mol. The molecule has 2 aromatic rings. The summed E-state index contributed by atoms with van der Waals surface area (Å²) in [4.78, 5) is 15.8. The molecule has 1 aromatic heterocycles. The maximum atomic E-state index is 11.4. The van der Waals surface area contributed by atoms with E-state index in [0.29, 0.717) is 16.9 Å². The van der Waals surface area contributed by atoms with Crippen LogP contribution in [0, 0.1) is 18.3 Å². The number of benzene rings is 1. The average Bonchev–Trinajstić information content (AvgIpc) is 2.79. The lowest BCUT2D eigenvalue weighted by Gasteiger charge is -2.09. The molecule has 4 nitrogen and oxygen atoms in total. The van der Waals surface area contributed by atoms with E-state index in [2.05, 4.69) is 23.4 Å². The normalized spacial score (nSPS) is 20.7. The van der Waals surface area contributed by atoms with Crippen molar-refractivity contribution in [3.63, 3.8) is 0 Å². The second-order valence-corrected chi connectivity index (χ2v) is 6.14. The lowest BCUT2D eigenvalue weighted by molar-refractivity contribution is 0.0698. The molecule has 1 heterocycles. The number of fused-ring (bicyclic) bond motifs is 1. The number of aromatic nitrogens is 2. The predicted octanol–water partition coefficient (Wildman–Crippen LogP) is 3.09. The topological polar surface area (TPSA) is 55.1 Å². The first-order valence-corrected chi connectivity index (χ1v) is 6.59. The number of para-hydroxylation sites is 1. The minimum atomic E-state index is -0.887. The van der Waals surface area contributed by atoms with Gasteiger partial charge in [-0.2, -0.15) is 0 Å². The van der Waals surface area contributed by atoms with Crippen molar-refractivity contribution in [3.05, 3.63) is 29.6 Å². The summed E-state index contributed by atoms with van der Waals surface area (Å²) in [6, 6.07) is 5.28. The van der Waals surface area contributed by atoms with Crippen LogP contribution in [-0.2, 0) is 6.54 Å². The molecule has 100 valence electrons. The number of rotatable bonds is 3. The number of imidazole rings is 1. The number of carboxylic acids is 1. The van der Waals surface area contributed by atoms with Crippen LogP contribution in [0.4, 0.5) is 0 Å². The largest absolute Gasteiger partial charge is 0.478 e. The molecular weight excluding hydrogens is 240 g/mol. The number of carbonyl (C=O) groups is 1. The zero-order valence-corrected chi connectivity index (χ0v) is 11.5. The molecule has 1 aromatic carbocycles. The van der Waals surface area contributed by atoms with Crippen molar-refractivity contribution < 1.29 is 9.90 Å². The third-order valence-corrected chi connectivity index (χ3v) is 4.31. The van der Waals surface area contributed by atoms with E-state index in [0.717, 1.165) is 23.4 Å². The maximum absolute atomic E-state index is 11.4. The maximum Gasteiger partial charge on any atom is 0.337 e.